The normalized spacial score (nSPS) is 15.6. The minimum Gasteiger partial charge on any atom is -0.497 e. The molecular formula is C27H20N4O2S. The maximum absolute atomic E-state index is 12.7. The molecule has 1 fully saturated rings. The second-order valence-electron chi connectivity index (χ2n) is 7.68. The Morgan fingerprint density at radius 1 is 1.09 bits per heavy atom. The third-order valence-corrected chi connectivity index (χ3v) is 6.45. The molecule has 0 aliphatic carbocycles. The number of benzene rings is 3. The van der Waals surface area contributed by atoms with E-state index in [1.54, 1.807) is 7.11 Å². The molecule has 0 atom stereocenters. The number of ether oxygens (including phenoxy) is 1. The number of aliphatic imine (C=N–C) groups is 1. The molecule has 0 saturated carbocycles. The Bertz CT molecular complexity index is 1490. The Morgan fingerprint density at radius 3 is 2.65 bits per heavy atom. The Hall–Kier alpha value is -4.28. The number of hydrogen-bond acceptors (Lipinski definition) is 5. The summed E-state index contributed by atoms with van der Waals surface area (Å²) in [6, 6.07) is 25.3. The van der Waals surface area contributed by atoms with Gasteiger partial charge in [-0.05, 0) is 59.8 Å². The highest BCUT2D eigenvalue weighted by Gasteiger charge is 2.24. The van der Waals surface area contributed by atoms with E-state index in [9.17, 15) is 10.1 Å². The zero-order valence-electron chi connectivity index (χ0n) is 18.4. The van der Waals surface area contributed by atoms with Gasteiger partial charge in [0.25, 0.3) is 5.91 Å². The van der Waals surface area contributed by atoms with Crippen molar-refractivity contribution in [2.45, 2.75) is 6.54 Å². The Kier molecular flexibility index (Phi) is 5.90. The number of amides is 1. The number of nitriles is 1. The molecule has 7 heteroatoms. The summed E-state index contributed by atoms with van der Waals surface area (Å²) >= 11 is 1.31. The van der Waals surface area contributed by atoms with Gasteiger partial charge in [-0.25, -0.2) is 4.99 Å². The number of amidine groups is 1. The lowest BCUT2D eigenvalue weighted by Crippen LogP contribution is -2.19. The van der Waals surface area contributed by atoms with Crippen LogP contribution in [0.15, 0.2) is 88.9 Å². The van der Waals surface area contributed by atoms with Gasteiger partial charge in [-0.3, -0.25) is 4.79 Å². The van der Waals surface area contributed by atoms with Crippen molar-refractivity contribution in [2.24, 2.45) is 4.99 Å². The number of carbonyl (C=O) groups excluding carboxylic acids is 1. The van der Waals surface area contributed by atoms with Crippen molar-refractivity contribution in [3.63, 3.8) is 0 Å². The van der Waals surface area contributed by atoms with Crippen molar-refractivity contribution in [1.82, 2.24) is 9.88 Å². The van der Waals surface area contributed by atoms with E-state index in [4.69, 9.17) is 4.74 Å². The molecule has 0 unspecified atom stereocenters. The molecule has 1 N–H and O–H groups in total. The number of rotatable bonds is 5. The maximum Gasteiger partial charge on any atom is 0.264 e. The first-order valence-electron chi connectivity index (χ1n) is 10.6. The fourth-order valence-electron chi connectivity index (χ4n) is 3.87. The van der Waals surface area contributed by atoms with Gasteiger partial charge < -0.3 is 14.6 Å². The highest BCUT2D eigenvalue weighted by molar-refractivity contribution is 8.18. The SMILES string of the molecule is COc1ccc(N=C2NC(=O)/C(=C/c3cn(Cc4ccccc4C#N)c4ccccc34)S2)cc1. The number of nitrogens with one attached hydrogen (secondary N) is 1. The molecule has 1 aromatic heterocycles. The number of thioether (sulfide) groups is 1. The quantitative estimate of drug-likeness (QED) is 0.398. The molecule has 5 rings (SSSR count). The molecule has 1 amide bonds. The highest BCUT2D eigenvalue weighted by atomic mass is 32.2. The molecular weight excluding hydrogens is 444 g/mol. The molecule has 166 valence electrons. The van der Waals surface area contributed by atoms with Crippen LogP contribution in [-0.4, -0.2) is 22.8 Å². The van der Waals surface area contributed by atoms with Crippen LogP contribution >= 0.6 is 11.8 Å². The van der Waals surface area contributed by atoms with Gasteiger partial charge in [-0.15, -0.1) is 0 Å². The number of hydrogen-bond donors (Lipinski definition) is 1. The topological polar surface area (TPSA) is 79.4 Å². The molecule has 0 bridgehead atoms. The summed E-state index contributed by atoms with van der Waals surface area (Å²) in [6.07, 6.45) is 3.92. The zero-order chi connectivity index (χ0) is 23.5. The number of carbonyl (C=O) groups is 1. The van der Waals surface area contributed by atoms with E-state index in [1.165, 1.54) is 11.8 Å². The Morgan fingerprint density at radius 2 is 1.85 bits per heavy atom. The zero-order valence-corrected chi connectivity index (χ0v) is 19.2. The van der Waals surface area contributed by atoms with Gasteiger partial charge in [0.15, 0.2) is 5.17 Å². The first-order valence-corrected chi connectivity index (χ1v) is 11.5. The second-order valence-corrected chi connectivity index (χ2v) is 8.71. The van der Waals surface area contributed by atoms with E-state index in [0.29, 0.717) is 22.2 Å². The third kappa shape index (κ3) is 4.32. The van der Waals surface area contributed by atoms with Gasteiger partial charge in [-0.2, -0.15) is 5.26 Å². The van der Waals surface area contributed by atoms with Gasteiger partial charge in [-0.1, -0.05) is 36.4 Å². The van der Waals surface area contributed by atoms with E-state index >= 15 is 0 Å². The fourth-order valence-corrected chi connectivity index (χ4v) is 4.70. The minimum atomic E-state index is -0.177. The van der Waals surface area contributed by atoms with Crippen LogP contribution in [0.3, 0.4) is 0 Å². The predicted molar refractivity (Wildman–Crippen MR) is 136 cm³/mol. The first-order chi connectivity index (χ1) is 16.6. The van der Waals surface area contributed by atoms with E-state index < -0.39 is 0 Å². The smallest absolute Gasteiger partial charge is 0.264 e. The van der Waals surface area contributed by atoms with Crippen LogP contribution in [0, 0.1) is 11.3 Å². The average Bonchev–Trinajstić information content (AvgIpc) is 3.39. The van der Waals surface area contributed by atoms with Crippen molar-refractivity contribution < 1.29 is 9.53 Å². The van der Waals surface area contributed by atoms with Crippen LogP contribution in [0.25, 0.3) is 17.0 Å². The van der Waals surface area contributed by atoms with Gasteiger partial charge in [0, 0.05) is 29.2 Å². The van der Waals surface area contributed by atoms with Gasteiger partial charge in [0.2, 0.25) is 0 Å². The van der Waals surface area contributed by atoms with Crippen LogP contribution < -0.4 is 10.1 Å². The molecule has 1 aliphatic heterocycles. The predicted octanol–water partition coefficient (Wildman–Crippen LogP) is 5.46. The lowest BCUT2D eigenvalue weighted by atomic mass is 10.1. The summed E-state index contributed by atoms with van der Waals surface area (Å²) in [5.41, 5.74) is 4.32. The fraction of sp³-hybridized carbons (Fsp3) is 0.0741. The lowest BCUT2D eigenvalue weighted by Gasteiger charge is -2.07. The van der Waals surface area contributed by atoms with Crippen LogP contribution in [0.4, 0.5) is 5.69 Å². The molecule has 6 nitrogen and oxygen atoms in total. The number of methoxy groups -OCH3 is 1. The maximum atomic E-state index is 12.7. The summed E-state index contributed by atoms with van der Waals surface area (Å²) in [4.78, 5) is 17.8. The minimum absolute atomic E-state index is 0.177. The Balaban J connectivity index is 1.46. The Labute approximate surface area is 201 Å². The van der Waals surface area contributed by atoms with Crippen molar-refractivity contribution in [3.05, 3.63) is 101 Å². The van der Waals surface area contributed by atoms with Crippen LogP contribution in [0.5, 0.6) is 5.75 Å². The van der Waals surface area contributed by atoms with E-state index in [0.717, 1.165) is 33.5 Å². The number of fused-ring (bicyclic) bond motifs is 1. The molecule has 0 radical (unpaired) electrons. The average molecular weight is 465 g/mol. The molecule has 0 spiro atoms. The van der Waals surface area contributed by atoms with Crippen molar-refractivity contribution in [3.8, 4) is 11.8 Å². The van der Waals surface area contributed by atoms with Gasteiger partial charge >= 0.3 is 0 Å². The number of aromatic nitrogens is 1. The molecule has 1 saturated heterocycles. The van der Waals surface area contributed by atoms with E-state index in [2.05, 4.69) is 20.9 Å². The molecule has 1 aliphatic rings. The van der Waals surface area contributed by atoms with Crippen molar-refractivity contribution in [1.29, 1.82) is 5.26 Å². The van der Waals surface area contributed by atoms with Crippen molar-refractivity contribution >= 4 is 45.5 Å². The summed E-state index contributed by atoms with van der Waals surface area (Å²) in [6.45, 7) is 0.566. The molecule has 4 aromatic rings. The van der Waals surface area contributed by atoms with Gasteiger partial charge in [0.1, 0.15) is 5.75 Å². The van der Waals surface area contributed by atoms with Gasteiger partial charge in [0.05, 0.1) is 29.3 Å². The first kappa shape index (κ1) is 21.6. The summed E-state index contributed by atoms with van der Waals surface area (Å²) < 4.78 is 7.29. The summed E-state index contributed by atoms with van der Waals surface area (Å²) in [7, 11) is 1.62. The number of para-hydroxylation sites is 1. The second kappa shape index (κ2) is 9.30. The molecule has 2 heterocycles. The summed E-state index contributed by atoms with van der Waals surface area (Å²) in [5.74, 6) is 0.574. The van der Waals surface area contributed by atoms with Crippen LogP contribution in [-0.2, 0) is 11.3 Å². The van der Waals surface area contributed by atoms with Crippen LogP contribution in [0.2, 0.25) is 0 Å². The summed E-state index contributed by atoms with van der Waals surface area (Å²) in [5, 5.41) is 13.9. The van der Waals surface area contributed by atoms with E-state index in [-0.39, 0.29) is 5.91 Å². The third-order valence-electron chi connectivity index (χ3n) is 5.54. The standard InChI is InChI=1S/C27H20N4O2S/c1-33-22-12-10-21(11-13-22)29-27-30-26(32)25(34-27)14-20-17-31(24-9-5-4-8-23(20)24)16-19-7-3-2-6-18(19)15-28/h2-14,17H,16H2,1H3,(H,29,30,32)/b25-14-. The van der Waals surface area contributed by atoms with E-state index in [1.807, 2.05) is 85.1 Å². The van der Waals surface area contributed by atoms with Crippen molar-refractivity contribution in [2.75, 3.05) is 7.11 Å². The molecule has 34 heavy (non-hydrogen) atoms. The number of nitrogens with zero attached hydrogens (tertiary/aromatic N) is 3. The largest absolute Gasteiger partial charge is 0.497 e. The lowest BCUT2D eigenvalue weighted by molar-refractivity contribution is -0.115. The highest BCUT2D eigenvalue weighted by Crippen LogP contribution is 2.31. The monoisotopic (exact) mass is 464 g/mol. The van der Waals surface area contributed by atoms with Crippen LogP contribution in [0.1, 0.15) is 16.7 Å². The molecule has 3 aromatic carbocycles.